The Kier molecular flexibility index (Phi) is 5.25. The summed E-state index contributed by atoms with van der Waals surface area (Å²) in [6, 6.07) is 5.95. The molecule has 84 valence electrons. The molecule has 0 radical (unpaired) electrons. The zero-order valence-electron chi connectivity index (χ0n) is 9.44. The van der Waals surface area contributed by atoms with Gasteiger partial charge in [0.1, 0.15) is 0 Å². The Morgan fingerprint density at radius 3 is 2.80 bits per heavy atom. The fraction of sp³-hybridized carbons (Fsp3) is 0.545. The molecule has 1 heterocycles. The van der Waals surface area contributed by atoms with Gasteiger partial charge in [0, 0.05) is 26.7 Å². The van der Waals surface area contributed by atoms with Crippen molar-refractivity contribution in [2.24, 2.45) is 5.73 Å². The average Bonchev–Trinajstić information content (AvgIpc) is 2.26. The number of hydrogen-bond acceptors (Lipinski definition) is 4. The molecule has 0 aliphatic rings. The van der Waals surface area contributed by atoms with Gasteiger partial charge in [-0.3, -0.25) is 9.88 Å². The van der Waals surface area contributed by atoms with Crippen molar-refractivity contribution in [3.8, 4) is 0 Å². The summed E-state index contributed by atoms with van der Waals surface area (Å²) < 4.78 is 5.01. The number of hydrogen-bond donors (Lipinski definition) is 1. The summed E-state index contributed by atoms with van der Waals surface area (Å²) in [4.78, 5) is 6.60. The Bertz CT molecular complexity index is 291. The highest BCUT2D eigenvalue weighted by Crippen LogP contribution is 2.01. The van der Waals surface area contributed by atoms with Gasteiger partial charge < -0.3 is 10.5 Å². The van der Waals surface area contributed by atoms with E-state index in [0.29, 0.717) is 6.54 Å². The molecule has 0 atom stereocenters. The van der Waals surface area contributed by atoms with Gasteiger partial charge in [0.05, 0.1) is 18.0 Å². The summed E-state index contributed by atoms with van der Waals surface area (Å²) in [6.07, 6.45) is 0. The van der Waals surface area contributed by atoms with Crippen LogP contribution < -0.4 is 5.73 Å². The number of rotatable bonds is 6. The number of likely N-dealkylation sites (N-methyl/N-ethyl adjacent to an activating group) is 1. The SMILES string of the molecule is COCCN(C)Cc1cccc(CN)n1. The number of pyridine rings is 1. The molecule has 4 heteroatoms. The Labute approximate surface area is 91.1 Å². The number of ether oxygens (including phenoxy) is 1. The van der Waals surface area contributed by atoms with E-state index < -0.39 is 0 Å². The van der Waals surface area contributed by atoms with Crippen LogP contribution in [0.2, 0.25) is 0 Å². The van der Waals surface area contributed by atoms with Crippen LogP contribution in [-0.4, -0.2) is 37.2 Å². The molecular formula is C11H19N3O. The maximum atomic E-state index is 5.53. The molecule has 1 aromatic rings. The highest BCUT2D eigenvalue weighted by atomic mass is 16.5. The monoisotopic (exact) mass is 209 g/mol. The van der Waals surface area contributed by atoms with Crippen molar-refractivity contribution in [3.05, 3.63) is 29.6 Å². The van der Waals surface area contributed by atoms with E-state index in [1.165, 1.54) is 0 Å². The number of nitrogens with zero attached hydrogens (tertiary/aromatic N) is 2. The molecule has 0 unspecified atom stereocenters. The highest BCUT2D eigenvalue weighted by molar-refractivity contribution is 5.10. The first-order chi connectivity index (χ1) is 7.26. The number of aromatic nitrogens is 1. The lowest BCUT2D eigenvalue weighted by Crippen LogP contribution is -2.23. The van der Waals surface area contributed by atoms with Gasteiger partial charge in [-0.15, -0.1) is 0 Å². The summed E-state index contributed by atoms with van der Waals surface area (Å²) >= 11 is 0. The Morgan fingerprint density at radius 2 is 2.13 bits per heavy atom. The summed E-state index contributed by atoms with van der Waals surface area (Å²) in [5, 5.41) is 0. The molecule has 0 bridgehead atoms. The quantitative estimate of drug-likeness (QED) is 0.746. The third kappa shape index (κ3) is 4.38. The van der Waals surface area contributed by atoms with Crippen molar-refractivity contribution in [1.82, 2.24) is 9.88 Å². The van der Waals surface area contributed by atoms with E-state index in [-0.39, 0.29) is 0 Å². The van der Waals surface area contributed by atoms with E-state index >= 15 is 0 Å². The standard InChI is InChI=1S/C11H19N3O/c1-14(6-7-15-2)9-11-5-3-4-10(8-12)13-11/h3-5H,6-9,12H2,1-2H3. The molecule has 0 aromatic carbocycles. The summed E-state index contributed by atoms with van der Waals surface area (Å²) in [5.74, 6) is 0. The lowest BCUT2D eigenvalue weighted by molar-refractivity contribution is 0.158. The molecule has 0 saturated heterocycles. The van der Waals surface area contributed by atoms with Crippen molar-refractivity contribution < 1.29 is 4.74 Å². The first kappa shape index (κ1) is 12.1. The number of nitrogens with two attached hydrogens (primary N) is 1. The van der Waals surface area contributed by atoms with E-state index in [1.807, 2.05) is 18.2 Å². The Hall–Kier alpha value is -0.970. The van der Waals surface area contributed by atoms with Gasteiger partial charge in [-0.05, 0) is 19.2 Å². The van der Waals surface area contributed by atoms with Gasteiger partial charge in [0.15, 0.2) is 0 Å². The second kappa shape index (κ2) is 6.50. The van der Waals surface area contributed by atoms with Gasteiger partial charge in [0.2, 0.25) is 0 Å². The van der Waals surface area contributed by atoms with E-state index in [4.69, 9.17) is 10.5 Å². The van der Waals surface area contributed by atoms with Crippen molar-refractivity contribution in [1.29, 1.82) is 0 Å². The molecule has 0 spiro atoms. The smallest absolute Gasteiger partial charge is 0.0589 e. The molecule has 0 amide bonds. The summed E-state index contributed by atoms with van der Waals surface area (Å²) in [7, 11) is 3.76. The zero-order chi connectivity index (χ0) is 11.1. The van der Waals surface area contributed by atoms with Gasteiger partial charge in [-0.1, -0.05) is 6.07 Å². The second-order valence-electron chi connectivity index (χ2n) is 3.55. The average molecular weight is 209 g/mol. The minimum atomic E-state index is 0.496. The maximum absolute atomic E-state index is 5.53. The topological polar surface area (TPSA) is 51.4 Å². The molecule has 15 heavy (non-hydrogen) atoms. The largest absolute Gasteiger partial charge is 0.383 e. The molecule has 2 N–H and O–H groups in total. The molecular weight excluding hydrogens is 190 g/mol. The molecule has 0 fully saturated rings. The van der Waals surface area contributed by atoms with Gasteiger partial charge in [-0.25, -0.2) is 0 Å². The van der Waals surface area contributed by atoms with Crippen LogP contribution in [0.5, 0.6) is 0 Å². The lowest BCUT2D eigenvalue weighted by atomic mass is 10.3. The van der Waals surface area contributed by atoms with Gasteiger partial charge >= 0.3 is 0 Å². The fourth-order valence-corrected chi connectivity index (χ4v) is 1.33. The van der Waals surface area contributed by atoms with Crippen LogP contribution in [0.4, 0.5) is 0 Å². The van der Waals surface area contributed by atoms with Crippen molar-refractivity contribution in [3.63, 3.8) is 0 Å². The van der Waals surface area contributed by atoms with Crippen molar-refractivity contribution in [2.45, 2.75) is 13.1 Å². The highest BCUT2D eigenvalue weighted by Gasteiger charge is 2.01. The van der Waals surface area contributed by atoms with Crippen molar-refractivity contribution in [2.75, 3.05) is 27.3 Å². The van der Waals surface area contributed by atoms with E-state index in [0.717, 1.165) is 31.1 Å². The second-order valence-corrected chi connectivity index (χ2v) is 3.55. The van der Waals surface area contributed by atoms with E-state index in [2.05, 4.69) is 16.9 Å². The van der Waals surface area contributed by atoms with Gasteiger partial charge in [-0.2, -0.15) is 0 Å². The predicted molar refractivity (Wildman–Crippen MR) is 60.3 cm³/mol. The van der Waals surface area contributed by atoms with Crippen molar-refractivity contribution >= 4 is 0 Å². The van der Waals surface area contributed by atoms with Crippen LogP contribution >= 0.6 is 0 Å². The normalized spacial score (nSPS) is 10.9. The van der Waals surface area contributed by atoms with E-state index in [1.54, 1.807) is 7.11 Å². The van der Waals surface area contributed by atoms with Crippen LogP contribution in [0.25, 0.3) is 0 Å². The Morgan fingerprint density at radius 1 is 1.40 bits per heavy atom. The molecule has 0 saturated carbocycles. The van der Waals surface area contributed by atoms with E-state index in [9.17, 15) is 0 Å². The molecule has 1 aromatic heterocycles. The summed E-state index contributed by atoms with van der Waals surface area (Å²) in [6.45, 7) is 2.98. The fourth-order valence-electron chi connectivity index (χ4n) is 1.33. The predicted octanol–water partition coefficient (Wildman–Crippen LogP) is 0.619. The maximum Gasteiger partial charge on any atom is 0.0589 e. The molecule has 4 nitrogen and oxygen atoms in total. The lowest BCUT2D eigenvalue weighted by Gasteiger charge is -2.15. The van der Waals surface area contributed by atoms with Crippen LogP contribution in [-0.2, 0) is 17.8 Å². The third-order valence-electron chi connectivity index (χ3n) is 2.18. The first-order valence-electron chi connectivity index (χ1n) is 5.08. The summed E-state index contributed by atoms with van der Waals surface area (Å²) in [5.41, 5.74) is 7.52. The first-order valence-corrected chi connectivity index (χ1v) is 5.08. The van der Waals surface area contributed by atoms with Crippen LogP contribution in [0, 0.1) is 0 Å². The Balaban J connectivity index is 2.48. The third-order valence-corrected chi connectivity index (χ3v) is 2.18. The molecule has 1 rings (SSSR count). The number of methoxy groups -OCH3 is 1. The van der Waals surface area contributed by atoms with Gasteiger partial charge in [0.25, 0.3) is 0 Å². The minimum Gasteiger partial charge on any atom is -0.383 e. The minimum absolute atomic E-state index is 0.496. The van der Waals surface area contributed by atoms with Crippen LogP contribution in [0.1, 0.15) is 11.4 Å². The molecule has 0 aliphatic heterocycles. The van der Waals surface area contributed by atoms with Crippen LogP contribution in [0.15, 0.2) is 18.2 Å². The zero-order valence-corrected chi connectivity index (χ0v) is 9.44. The van der Waals surface area contributed by atoms with Crippen LogP contribution in [0.3, 0.4) is 0 Å². The molecule has 0 aliphatic carbocycles.